The molecule has 1 fully saturated rings. The zero-order valence-corrected chi connectivity index (χ0v) is 21.4. The average molecular weight is 503 g/mol. The van der Waals surface area contributed by atoms with Gasteiger partial charge in [0.1, 0.15) is 18.2 Å². The van der Waals surface area contributed by atoms with E-state index in [1.807, 2.05) is 91.0 Å². The Kier molecular flexibility index (Phi) is 9.43. The van der Waals surface area contributed by atoms with Gasteiger partial charge in [-0.2, -0.15) is 0 Å². The van der Waals surface area contributed by atoms with Crippen LogP contribution in [0.1, 0.15) is 30.5 Å². The summed E-state index contributed by atoms with van der Waals surface area (Å²) in [5, 5.41) is 2.93. The monoisotopic (exact) mass is 502 g/mol. The Balaban J connectivity index is 1.59. The minimum Gasteiger partial charge on any atom is -0.374 e. The first-order valence-corrected chi connectivity index (χ1v) is 12.5. The zero-order chi connectivity index (χ0) is 26.0. The quantitative estimate of drug-likeness (QED) is 0.412. The lowest BCUT2D eigenvalue weighted by atomic mass is 10.0. The number of hydrogen-bond donors (Lipinski definition) is 0. The average Bonchev–Trinajstić information content (AvgIpc) is 2.92. The highest BCUT2D eigenvalue weighted by Crippen LogP contribution is 2.27. The minimum atomic E-state index is -0.552. The summed E-state index contributed by atoms with van der Waals surface area (Å²) < 4.78 is 18.9. The molecule has 0 aliphatic carbocycles. The van der Waals surface area contributed by atoms with Crippen molar-refractivity contribution >= 4 is 11.8 Å². The Morgan fingerprint density at radius 3 is 1.68 bits per heavy atom. The molecule has 0 spiro atoms. The van der Waals surface area contributed by atoms with E-state index in [0.717, 1.165) is 16.7 Å². The predicted octanol–water partition coefficient (Wildman–Crippen LogP) is 4.37. The molecular weight excluding hydrogens is 468 g/mol. The van der Waals surface area contributed by atoms with Gasteiger partial charge in [-0.25, -0.2) is 10.0 Å². The lowest BCUT2D eigenvalue weighted by Gasteiger charge is -2.49. The van der Waals surface area contributed by atoms with Gasteiger partial charge in [-0.05, 0) is 16.7 Å². The first kappa shape index (κ1) is 26.5. The molecular formula is C30H34N2O5. The van der Waals surface area contributed by atoms with Crippen molar-refractivity contribution in [2.24, 2.45) is 0 Å². The van der Waals surface area contributed by atoms with E-state index in [2.05, 4.69) is 0 Å². The summed E-state index contributed by atoms with van der Waals surface area (Å²) in [7, 11) is 0. The molecule has 3 atom stereocenters. The van der Waals surface area contributed by atoms with Gasteiger partial charge in [0.25, 0.3) is 0 Å². The van der Waals surface area contributed by atoms with Crippen LogP contribution in [0.15, 0.2) is 91.0 Å². The number of benzene rings is 3. The normalized spacial score (nSPS) is 19.6. The van der Waals surface area contributed by atoms with E-state index in [1.165, 1.54) is 23.9 Å². The van der Waals surface area contributed by atoms with E-state index in [4.69, 9.17) is 14.2 Å². The van der Waals surface area contributed by atoms with Crippen LogP contribution in [0.5, 0.6) is 0 Å². The van der Waals surface area contributed by atoms with Crippen LogP contribution in [0.2, 0.25) is 0 Å². The van der Waals surface area contributed by atoms with Crippen LogP contribution in [0.4, 0.5) is 0 Å². The van der Waals surface area contributed by atoms with Gasteiger partial charge in [-0.1, -0.05) is 91.0 Å². The second-order valence-corrected chi connectivity index (χ2v) is 9.13. The summed E-state index contributed by atoms with van der Waals surface area (Å²) in [6.45, 7) is 4.39. The molecule has 0 unspecified atom stereocenters. The molecule has 3 aromatic carbocycles. The van der Waals surface area contributed by atoms with Gasteiger partial charge < -0.3 is 14.2 Å². The molecule has 7 nitrogen and oxygen atoms in total. The number of hydrazine groups is 1. The van der Waals surface area contributed by atoms with Gasteiger partial charge in [0, 0.05) is 13.8 Å². The van der Waals surface area contributed by atoms with E-state index in [-0.39, 0.29) is 25.0 Å². The highest BCUT2D eigenvalue weighted by Gasteiger charge is 2.46. The Hall–Kier alpha value is -3.52. The molecule has 0 saturated carbocycles. The Morgan fingerprint density at radius 1 is 0.703 bits per heavy atom. The highest BCUT2D eigenvalue weighted by atomic mass is 16.5. The number of amides is 2. The maximum absolute atomic E-state index is 12.8. The first-order chi connectivity index (χ1) is 18.0. The molecule has 0 aromatic heterocycles. The van der Waals surface area contributed by atoms with Crippen molar-refractivity contribution in [3.05, 3.63) is 108 Å². The third-order valence-corrected chi connectivity index (χ3v) is 6.35. The molecule has 194 valence electrons. The van der Waals surface area contributed by atoms with E-state index in [0.29, 0.717) is 19.8 Å². The van der Waals surface area contributed by atoms with Gasteiger partial charge in [0.05, 0.1) is 33.0 Å². The zero-order valence-electron chi connectivity index (χ0n) is 21.4. The molecule has 1 aliphatic heterocycles. The van der Waals surface area contributed by atoms with Crippen LogP contribution in [-0.4, -0.2) is 53.2 Å². The number of nitrogens with zero attached hydrogens (tertiary/aromatic N) is 2. The first-order valence-electron chi connectivity index (χ1n) is 12.5. The van der Waals surface area contributed by atoms with Crippen LogP contribution in [-0.2, 0) is 43.6 Å². The molecule has 2 amide bonds. The van der Waals surface area contributed by atoms with E-state index in [1.54, 1.807) is 0 Å². The van der Waals surface area contributed by atoms with Crippen LogP contribution < -0.4 is 0 Å². The summed E-state index contributed by atoms with van der Waals surface area (Å²) in [6, 6.07) is 29.0. The molecule has 0 N–H and O–H groups in total. The van der Waals surface area contributed by atoms with Crippen molar-refractivity contribution in [3.63, 3.8) is 0 Å². The second kappa shape index (κ2) is 13.1. The molecule has 4 rings (SSSR count). The molecule has 37 heavy (non-hydrogen) atoms. The Morgan fingerprint density at radius 2 is 1.19 bits per heavy atom. The maximum atomic E-state index is 12.8. The number of ether oxygens (including phenoxy) is 3. The number of carbonyl (C=O) groups is 2. The number of rotatable bonds is 10. The fourth-order valence-corrected chi connectivity index (χ4v) is 4.56. The van der Waals surface area contributed by atoms with Gasteiger partial charge >= 0.3 is 0 Å². The summed E-state index contributed by atoms with van der Waals surface area (Å²) in [5.74, 6) is -0.489. The smallest absolute Gasteiger partial charge is 0.238 e. The highest BCUT2D eigenvalue weighted by molar-refractivity contribution is 5.80. The fourth-order valence-electron chi connectivity index (χ4n) is 4.56. The molecule has 0 radical (unpaired) electrons. The Bertz CT molecular complexity index is 1130. The van der Waals surface area contributed by atoms with Crippen LogP contribution in [0.25, 0.3) is 0 Å². The largest absolute Gasteiger partial charge is 0.374 e. The standard InChI is InChI=1S/C30H34N2O5/c1-23(33)31-18-29(36-20-26-14-8-4-9-15-26)30(37-21-27-16-10-5-11-17-27)28(32(31)24(2)34)22-35-19-25-12-6-3-7-13-25/h3-17,28-30H,18-22H2,1-2H3/t28-,29-,30-/m0/s1. The third-order valence-electron chi connectivity index (χ3n) is 6.35. The van der Waals surface area contributed by atoms with Crippen molar-refractivity contribution in [1.82, 2.24) is 10.0 Å². The van der Waals surface area contributed by atoms with Crippen molar-refractivity contribution < 1.29 is 23.8 Å². The molecule has 1 saturated heterocycles. The Labute approximate surface area is 218 Å². The van der Waals surface area contributed by atoms with Crippen molar-refractivity contribution in [1.29, 1.82) is 0 Å². The van der Waals surface area contributed by atoms with Gasteiger partial charge in [-0.15, -0.1) is 0 Å². The fraction of sp³-hybridized carbons (Fsp3) is 0.333. The molecule has 1 aliphatic rings. The topological polar surface area (TPSA) is 68.3 Å². The lowest BCUT2D eigenvalue weighted by molar-refractivity contribution is -0.223. The summed E-state index contributed by atoms with van der Waals surface area (Å²) in [5.41, 5.74) is 3.05. The summed E-state index contributed by atoms with van der Waals surface area (Å²) in [6.07, 6.45) is -0.979. The van der Waals surface area contributed by atoms with Crippen molar-refractivity contribution in [3.8, 4) is 0 Å². The third kappa shape index (κ3) is 7.26. The van der Waals surface area contributed by atoms with Gasteiger partial charge in [-0.3, -0.25) is 9.59 Å². The number of hydrogen-bond acceptors (Lipinski definition) is 5. The van der Waals surface area contributed by atoms with Gasteiger partial charge in [0.15, 0.2) is 0 Å². The molecule has 1 heterocycles. The predicted molar refractivity (Wildman–Crippen MR) is 140 cm³/mol. The van der Waals surface area contributed by atoms with Crippen LogP contribution >= 0.6 is 0 Å². The SMILES string of the molecule is CC(=O)N1C[C@H](OCc2ccccc2)[C@@H](OCc2ccccc2)[C@H](COCc2ccccc2)N1C(C)=O. The van der Waals surface area contributed by atoms with Crippen LogP contribution in [0.3, 0.4) is 0 Å². The van der Waals surface area contributed by atoms with Crippen LogP contribution in [0, 0.1) is 0 Å². The van der Waals surface area contributed by atoms with Crippen molar-refractivity contribution in [2.45, 2.75) is 51.9 Å². The molecule has 0 bridgehead atoms. The van der Waals surface area contributed by atoms with Gasteiger partial charge in [0.2, 0.25) is 11.8 Å². The van der Waals surface area contributed by atoms with Crippen molar-refractivity contribution in [2.75, 3.05) is 13.2 Å². The molecule has 7 heteroatoms. The maximum Gasteiger partial charge on any atom is 0.238 e. The molecule has 3 aromatic rings. The lowest BCUT2D eigenvalue weighted by Crippen LogP contribution is -2.68. The van der Waals surface area contributed by atoms with E-state index < -0.39 is 18.2 Å². The van der Waals surface area contributed by atoms with E-state index >= 15 is 0 Å². The summed E-state index contributed by atoms with van der Waals surface area (Å²) in [4.78, 5) is 25.5. The second-order valence-electron chi connectivity index (χ2n) is 9.13. The summed E-state index contributed by atoms with van der Waals surface area (Å²) >= 11 is 0. The minimum absolute atomic E-state index is 0.183. The number of carbonyl (C=O) groups excluding carboxylic acids is 2. The van der Waals surface area contributed by atoms with E-state index in [9.17, 15) is 9.59 Å².